The van der Waals surface area contributed by atoms with Crippen molar-refractivity contribution in [3.05, 3.63) is 81.4 Å². The molecule has 4 aromatic rings. The van der Waals surface area contributed by atoms with E-state index < -0.39 is 6.04 Å². The van der Waals surface area contributed by atoms with Crippen LogP contribution in [0, 0.1) is 6.92 Å². The third-order valence-corrected chi connectivity index (χ3v) is 6.09. The summed E-state index contributed by atoms with van der Waals surface area (Å²) in [5.41, 5.74) is 4.85. The molecule has 0 bridgehead atoms. The van der Waals surface area contributed by atoms with Gasteiger partial charge in [-0.2, -0.15) is 0 Å². The highest BCUT2D eigenvalue weighted by Crippen LogP contribution is 2.36. The number of hydrogen-bond donors (Lipinski definition) is 1. The van der Waals surface area contributed by atoms with E-state index in [4.69, 9.17) is 4.74 Å². The van der Waals surface area contributed by atoms with Gasteiger partial charge in [-0.15, -0.1) is 5.10 Å². The summed E-state index contributed by atoms with van der Waals surface area (Å²) in [6.45, 7) is 3.85. The van der Waals surface area contributed by atoms with E-state index >= 15 is 0 Å². The summed E-state index contributed by atoms with van der Waals surface area (Å²) in [6.07, 6.45) is 2.01. The number of tetrazole rings is 1. The number of H-pyrrole nitrogens is 1. The molecular weight excluding hydrogens is 404 g/mol. The molecule has 1 atom stereocenters. The number of nitrogens with zero attached hydrogens (tertiary/aromatic N) is 5. The van der Waals surface area contributed by atoms with Gasteiger partial charge in [0, 0.05) is 30.4 Å². The van der Waals surface area contributed by atoms with Crippen LogP contribution in [0.3, 0.4) is 0 Å². The van der Waals surface area contributed by atoms with Crippen LogP contribution in [0.4, 0.5) is 5.69 Å². The van der Waals surface area contributed by atoms with E-state index in [1.807, 2.05) is 31.2 Å². The van der Waals surface area contributed by atoms with E-state index in [1.54, 1.807) is 11.8 Å². The molecule has 8 nitrogen and oxygen atoms in total. The zero-order valence-electron chi connectivity index (χ0n) is 18.3. The summed E-state index contributed by atoms with van der Waals surface area (Å²) in [6, 6.07) is 16.0. The monoisotopic (exact) mass is 430 g/mol. The molecule has 3 heterocycles. The topological polar surface area (TPSA) is 88.9 Å². The van der Waals surface area contributed by atoms with Crippen molar-refractivity contribution < 1.29 is 4.74 Å². The maximum atomic E-state index is 13.3. The first-order valence-corrected chi connectivity index (χ1v) is 10.9. The van der Waals surface area contributed by atoms with Gasteiger partial charge in [0.05, 0.1) is 13.2 Å². The van der Waals surface area contributed by atoms with Crippen LogP contribution in [0.2, 0.25) is 0 Å². The lowest BCUT2D eigenvalue weighted by molar-refractivity contribution is 0.181. The largest absolute Gasteiger partial charge is 0.383 e. The number of aromatic amines is 1. The lowest BCUT2D eigenvalue weighted by Gasteiger charge is -2.37. The summed E-state index contributed by atoms with van der Waals surface area (Å²) in [5.74, 6) is 0.635. The Balaban J connectivity index is 1.72. The molecule has 0 amide bonds. The van der Waals surface area contributed by atoms with Crippen molar-refractivity contribution in [2.75, 3.05) is 25.2 Å². The smallest absolute Gasteiger partial charge is 0.254 e. The van der Waals surface area contributed by atoms with Gasteiger partial charge in [0.15, 0.2) is 5.82 Å². The molecule has 0 unspecified atom stereocenters. The minimum absolute atomic E-state index is 0.129. The second-order valence-electron chi connectivity index (χ2n) is 8.23. The number of pyridine rings is 1. The fourth-order valence-corrected chi connectivity index (χ4v) is 4.57. The highest BCUT2D eigenvalue weighted by atomic mass is 16.5. The molecule has 0 saturated carbocycles. The summed E-state index contributed by atoms with van der Waals surface area (Å²) >= 11 is 0. The first-order chi connectivity index (χ1) is 15.7. The van der Waals surface area contributed by atoms with Gasteiger partial charge in [-0.1, -0.05) is 29.8 Å². The van der Waals surface area contributed by atoms with Gasteiger partial charge in [-0.25, -0.2) is 4.68 Å². The molecule has 0 aliphatic carbocycles. The fraction of sp³-hybridized carbons (Fsp3) is 0.333. The number of ether oxygens (including phenoxy) is 1. The van der Waals surface area contributed by atoms with E-state index in [-0.39, 0.29) is 5.56 Å². The van der Waals surface area contributed by atoms with Crippen molar-refractivity contribution in [1.29, 1.82) is 0 Å². The molecule has 5 rings (SSSR count). The van der Waals surface area contributed by atoms with Gasteiger partial charge in [0.25, 0.3) is 5.56 Å². The molecule has 1 aliphatic heterocycles. The highest BCUT2D eigenvalue weighted by molar-refractivity contribution is 5.80. The predicted octanol–water partition coefficient (Wildman–Crippen LogP) is 3.01. The highest BCUT2D eigenvalue weighted by Gasteiger charge is 2.33. The number of aryl methyl sites for hydroxylation is 2. The number of rotatable bonds is 6. The quantitative estimate of drug-likeness (QED) is 0.506. The van der Waals surface area contributed by atoms with Crippen molar-refractivity contribution in [3.8, 4) is 0 Å². The Morgan fingerprint density at radius 2 is 2.06 bits per heavy atom. The van der Waals surface area contributed by atoms with Crippen LogP contribution in [0.15, 0.2) is 53.3 Å². The second kappa shape index (κ2) is 8.55. The zero-order chi connectivity index (χ0) is 22.1. The van der Waals surface area contributed by atoms with E-state index in [0.717, 1.165) is 41.5 Å². The van der Waals surface area contributed by atoms with Crippen molar-refractivity contribution in [2.45, 2.75) is 32.4 Å². The van der Waals surface area contributed by atoms with Gasteiger partial charge in [0.2, 0.25) is 0 Å². The van der Waals surface area contributed by atoms with Crippen LogP contribution in [0.1, 0.15) is 35.0 Å². The Morgan fingerprint density at radius 3 is 2.94 bits per heavy atom. The van der Waals surface area contributed by atoms with Gasteiger partial charge < -0.3 is 14.6 Å². The number of anilines is 1. The van der Waals surface area contributed by atoms with E-state index in [2.05, 4.69) is 49.7 Å². The molecule has 2 aromatic heterocycles. The summed E-state index contributed by atoms with van der Waals surface area (Å²) < 4.78 is 7.00. The minimum atomic E-state index is -0.419. The standard InChI is InChI=1S/C24H26N6O2/c1-16-9-10-20-18(14-16)15-19(24(31)25-20)22(23-26-27-28-30(23)12-13-32-2)29-11-5-7-17-6-3-4-8-21(17)29/h3-4,6,8-10,14-15,22H,5,7,11-13H2,1-2H3,(H,25,31)/t22-/m0/s1. The van der Waals surface area contributed by atoms with Crippen molar-refractivity contribution in [1.82, 2.24) is 25.2 Å². The lowest BCUT2D eigenvalue weighted by atomic mass is 9.96. The van der Waals surface area contributed by atoms with Crippen LogP contribution in [0.25, 0.3) is 10.9 Å². The molecular formula is C24H26N6O2. The van der Waals surface area contributed by atoms with E-state index in [9.17, 15) is 4.79 Å². The number of aromatic nitrogens is 5. The van der Waals surface area contributed by atoms with Gasteiger partial charge in [0.1, 0.15) is 6.04 Å². The normalized spacial score (nSPS) is 14.5. The Labute approximate surface area is 185 Å². The van der Waals surface area contributed by atoms with Crippen molar-refractivity contribution in [3.63, 3.8) is 0 Å². The summed E-state index contributed by atoms with van der Waals surface area (Å²) in [7, 11) is 1.65. The Hall–Kier alpha value is -3.52. The SMILES string of the molecule is COCCn1nnnc1[C@H](c1cc2cc(C)ccc2[nH]c1=O)N1CCCc2ccccc21. The molecule has 0 spiro atoms. The van der Waals surface area contributed by atoms with E-state index in [0.29, 0.717) is 24.5 Å². The van der Waals surface area contributed by atoms with Crippen LogP contribution < -0.4 is 10.5 Å². The van der Waals surface area contributed by atoms with Crippen LogP contribution in [-0.2, 0) is 17.7 Å². The Bertz CT molecular complexity index is 1310. The number of fused-ring (bicyclic) bond motifs is 2. The first kappa shape index (κ1) is 20.4. The molecule has 0 fully saturated rings. The van der Waals surface area contributed by atoms with Gasteiger partial charge in [-0.3, -0.25) is 4.79 Å². The maximum absolute atomic E-state index is 13.3. The van der Waals surface area contributed by atoms with Crippen LogP contribution in [-0.4, -0.2) is 45.5 Å². The number of hydrogen-bond acceptors (Lipinski definition) is 6. The first-order valence-electron chi connectivity index (χ1n) is 10.9. The average molecular weight is 431 g/mol. The average Bonchev–Trinajstić information content (AvgIpc) is 3.26. The molecule has 1 aliphatic rings. The molecule has 164 valence electrons. The molecule has 1 N–H and O–H groups in total. The van der Waals surface area contributed by atoms with Gasteiger partial charge in [-0.05, 0) is 65.4 Å². The van der Waals surface area contributed by atoms with Crippen LogP contribution in [0.5, 0.6) is 0 Å². The van der Waals surface area contributed by atoms with Crippen LogP contribution >= 0.6 is 0 Å². The third-order valence-electron chi connectivity index (χ3n) is 6.09. The molecule has 32 heavy (non-hydrogen) atoms. The maximum Gasteiger partial charge on any atom is 0.254 e. The van der Waals surface area contributed by atoms with E-state index in [1.165, 1.54) is 5.56 Å². The molecule has 0 radical (unpaired) electrons. The third kappa shape index (κ3) is 3.67. The predicted molar refractivity (Wildman–Crippen MR) is 123 cm³/mol. The molecule has 2 aromatic carbocycles. The summed E-state index contributed by atoms with van der Waals surface area (Å²) in [4.78, 5) is 18.7. The Morgan fingerprint density at radius 1 is 1.19 bits per heavy atom. The second-order valence-corrected chi connectivity index (χ2v) is 8.23. The number of para-hydroxylation sites is 1. The van der Waals surface area contributed by atoms with Crippen molar-refractivity contribution in [2.24, 2.45) is 0 Å². The molecule has 8 heteroatoms. The zero-order valence-corrected chi connectivity index (χ0v) is 18.3. The Kier molecular flexibility index (Phi) is 5.45. The van der Waals surface area contributed by atoms with Crippen molar-refractivity contribution >= 4 is 16.6 Å². The number of methoxy groups -OCH3 is 1. The minimum Gasteiger partial charge on any atom is -0.383 e. The number of benzene rings is 2. The lowest BCUT2D eigenvalue weighted by Crippen LogP contribution is -2.38. The number of nitrogens with one attached hydrogen (secondary N) is 1. The van der Waals surface area contributed by atoms with Gasteiger partial charge >= 0.3 is 0 Å². The molecule has 0 saturated heterocycles. The fourth-order valence-electron chi connectivity index (χ4n) is 4.57. The summed E-state index contributed by atoms with van der Waals surface area (Å²) in [5, 5.41) is 13.5.